The van der Waals surface area contributed by atoms with Gasteiger partial charge in [0.05, 0.1) is 6.10 Å². The van der Waals surface area contributed by atoms with E-state index in [4.69, 9.17) is 4.74 Å². The normalized spacial score (nSPS) is 20.2. The van der Waals surface area contributed by atoms with Crippen LogP contribution in [0.2, 0.25) is 0 Å². The predicted octanol–water partition coefficient (Wildman–Crippen LogP) is 0.895. The van der Waals surface area contributed by atoms with E-state index in [2.05, 4.69) is 10.4 Å². The third-order valence-corrected chi connectivity index (χ3v) is 4.64. The van der Waals surface area contributed by atoms with Crippen molar-refractivity contribution in [1.82, 2.24) is 20.0 Å². The van der Waals surface area contributed by atoms with Gasteiger partial charge in [-0.2, -0.15) is 5.10 Å². The Kier molecular flexibility index (Phi) is 5.68. The van der Waals surface area contributed by atoms with Gasteiger partial charge in [-0.25, -0.2) is 0 Å². The van der Waals surface area contributed by atoms with Gasteiger partial charge in [-0.15, -0.1) is 0 Å². The summed E-state index contributed by atoms with van der Waals surface area (Å²) in [5.74, 6) is -0.359. The van der Waals surface area contributed by atoms with E-state index in [-0.39, 0.29) is 24.5 Å². The van der Waals surface area contributed by atoms with Crippen LogP contribution in [-0.2, 0) is 34.3 Å². The Bertz CT molecular complexity index is 759. The van der Waals surface area contributed by atoms with Gasteiger partial charge in [0.1, 0.15) is 12.6 Å². The molecule has 7 heteroatoms. The molecule has 0 bridgehead atoms. The number of hydrogen-bond donors (Lipinski definition) is 1. The maximum Gasteiger partial charge on any atom is 0.249 e. The van der Waals surface area contributed by atoms with Crippen LogP contribution < -0.4 is 5.32 Å². The molecule has 3 rings (SSSR count). The Hall–Kier alpha value is -2.67. The number of carbonyl (C=O) groups is 2. The molecule has 2 heterocycles. The minimum Gasteiger partial charge on any atom is -0.366 e. The van der Waals surface area contributed by atoms with E-state index < -0.39 is 6.04 Å². The molecular weight excluding hydrogens is 332 g/mol. The quantitative estimate of drug-likeness (QED) is 0.834. The van der Waals surface area contributed by atoms with Gasteiger partial charge in [0.25, 0.3) is 0 Å². The minimum absolute atomic E-state index is 0.00675. The van der Waals surface area contributed by atoms with Crippen molar-refractivity contribution in [2.45, 2.75) is 32.0 Å². The van der Waals surface area contributed by atoms with Crippen molar-refractivity contribution in [3.63, 3.8) is 0 Å². The Balaban J connectivity index is 1.65. The number of nitrogens with one attached hydrogen (secondary N) is 1. The smallest absolute Gasteiger partial charge is 0.249 e. The number of nitrogens with zero attached hydrogens (tertiary/aromatic N) is 3. The summed E-state index contributed by atoms with van der Waals surface area (Å²) in [6.07, 6.45) is 2.05. The lowest BCUT2D eigenvalue weighted by Crippen LogP contribution is -2.59. The van der Waals surface area contributed by atoms with Gasteiger partial charge in [-0.05, 0) is 18.6 Å². The number of amides is 2. The van der Waals surface area contributed by atoms with Crippen LogP contribution in [0.4, 0.5) is 0 Å². The molecule has 0 spiro atoms. The second-order valence-electron chi connectivity index (χ2n) is 6.46. The summed E-state index contributed by atoms with van der Waals surface area (Å²) in [4.78, 5) is 26.7. The topological polar surface area (TPSA) is 76.5 Å². The Morgan fingerprint density at radius 1 is 1.31 bits per heavy atom. The SMILES string of the molecule is C[C@H]1OCC(=O)N(Cc2ccccc2)[C@@H]1C(=O)NCCc1ccnn1C. The van der Waals surface area contributed by atoms with Crippen molar-refractivity contribution < 1.29 is 14.3 Å². The van der Waals surface area contributed by atoms with Gasteiger partial charge in [-0.1, -0.05) is 30.3 Å². The van der Waals surface area contributed by atoms with Crippen LogP contribution in [0.25, 0.3) is 0 Å². The van der Waals surface area contributed by atoms with Gasteiger partial charge >= 0.3 is 0 Å². The fourth-order valence-electron chi connectivity index (χ4n) is 3.17. The summed E-state index contributed by atoms with van der Waals surface area (Å²) in [5.41, 5.74) is 2.03. The fourth-order valence-corrected chi connectivity index (χ4v) is 3.17. The molecule has 138 valence electrons. The van der Waals surface area contributed by atoms with Gasteiger partial charge in [0.15, 0.2) is 0 Å². The lowest BCUT2D eigenvalue weighted by atomic mass is 10.1. The summed E-state index contributed by atoms with van der Waals surface area (Å²) in [7, 11) is 1.87. The van der Waals surface area contributed by atoms with Crippen LogP contribution in [0, 0.1) is 0 Å². The standard InChI is InChI=1S/C19H24N4O3/c1-14-18(19(25)20-10-8-16-9-11-21-22(16)2)23(17(24)13-26-14)12-15-6-4-3-5-7-15/h3-7,9,11,14,18H,8,10,12-13H2,1-2H3,(H,20,25)/t14-,18+/m1/s1. The molecule has 0 unspecified atom stereocenters. The third kappa shape index (κ3) is 4.11. The molecule has 1 saturated heterocycles. The van der Waals surface area contributed by atoms with Crippen LogP contribution in [0.3, 0.4) is 0 Å². The number of benzene rings is 1. The molecule has 7 nitrogen and oxygen atoms in total. The number of hydrogen-bond acceptors (Lipinski definition) is 4. The van der Waals surface area contributed by atoms with Crippen LogP contribution in [-0.4, -0.2) is 51.8 Å². The van der Waals surface area contributed by atoms with Gasteiger partial charge in [0, 0.05) is 38.4 Å². The Morgan fingerprint density at radius 3 is 2.77 bits per heavy atom. The maximum atomic E-state index is 12.8. The number of rotatable bonds is 6. The van der Waals surface area contributed by atoms with Crippen molar-refractivity contribution in [2.75, 3.05) is 13.2 Å². The van der Waals surface area contributed by atoms with Crippen molar-refractivity contribution in [1.29, 1.82) is 0 Å². The molecule has 1 aliphatic rings. The number of aromatic nitrogens is 2. The molecule has 2 aromatic rings. The van der Waals surface area contributed by atoms with Gasteiger partial charge < -0.3 is 15.0 Å². The number of carbonyl (C=O) groups excluding carboxylic acids is 2. The second kappa shape index (κ2) is 8.14. The Labute approximate surface area is 152 Å². The van der Waals surface area contributed by atoms with Crippen molar-refractivity contribution in [2.24, 2.45) is 7.05 Å². The number of aryl methyl sites for hydroxylation is 1. The van der Waals surface area contributed by atoms with Gasteiger partial charge in [0.2, 0.25) is 11.8 Å². The highest BCUT2D eigenvalue weighted by molar-refractivity contribution is 5.89. The molecule has 0 aliphatic carbocycles. The average molecular weight is 356 g/mol. The molecule has 1 aromatic heterocycles. The molecule has 0 radical (unpaired) electrons. The van der Waals surface area contributed by atoms with Crippen LogP contribution in [0.15, 0.2) is 42.6 Å². The van der Waals surface area contributed by atoms with Crippen LogP contribution >= 0.6 is 0 Å². The largest absolute Gasteiger partial charge is 0.366 e. The molecule has 0 saturated carbocycles. The second-order valence-corrected chi connectivity index (χ2v) is 6.46. The number of ether oxygens (including phenoxy) is 1. The monoisotopic (exact) mass is 356 g/mol. The molecule has 2 amide bonds. The van der Waals surface area contributed by atoms with Crippen molar-refractivity contribution in [3.05, 3.63) is 53.9 Å². The first-order chi connectivity index (χ1) is 12.6. The van der Waals surface area contributed by atoms with E-state index >= 15 is 0 Å². The van der Waals surface area contributed by atoms with Crippen LogP contribution in [0.5, 0.6) is 0 Å². The van der Waals surface area contributed by atoms with Crippen molar-refractivity contribution >= 4 is 11.8 Å². The lowest BCUT2D eigenvalue weighted by molar-refractivity contribution is -0.163. The molecule has 1 aromatic carbocycles. The summed E-state index contributed by atoms with van der Waals surface area (Å²) in [5, 5.41) is 7.05. The molecular formula is C19H24N4O3. The first-order valence-electron chi connectivity index (χ1n) is 8.76. The molecule has 26 heavy (non-hydrogen) atoms. The van der Waals surface area contributed by atoms with Gasteiger partial charge in [-0.3, -0.25) is 14.3 Å². The highest BCUT2D eigenvalue weighted by atomic mass is 16.5. The zero-order chi connectivity index (χ0) is 18.5. The molecule has 1 N–H and O–H groups in total. The zero-order valence-corrected chi connectivity index (χ0v) is 15.1. The lowest BCUT2D eigenvalue weighted by Gasteiger charge is -2.38. The van der Waals surface area contributed by atoms with E-state index in [0.29, 0.717) is 19.5 Å². The fraction of sp³-hybridized carbons (Fsp3) is 0.421. The highest BCUT2D eigenvalue weighted by Crippen LogP contribution is 2.18. The van der Waals surface area contributed by atoms with E-state index in [1.807, 2.05) is 50.4 Å². The summed E-state index contributed by atoms with van der Waals surface area (Å²) in [6, 6.07) is 11.0. The Morgan fingerprint density at radius 2 is 2.08 bits per heavy atom. The van der Waals surface area contributed by atoms with E-state index in [1.54, 1.807) is 15.8 Å². The van der Waals surface area contributed by atoms with Crippen LogP contribution in [0.1, 0.15) is 18.2 Å². The van der Waals surface area contributed by atoms with E-state index in [9.17, 15) is 9.59 Å². The highest BCUT2D eigenvalue weighted by Gasteiger charge is 2.39. The molecule has 1 aliphatic heterocycles. The number of morpholine rings is 1. The summed E-state index contributed by atoms with van der Waals surface area (Å²) in [6.45, 7) is 2.71. The average Bonchev–Trinajstić information content (AvgIpc) is 3.04. The summed E-state index contributed by atoms with van der Waals surface area (Å²) >= 11 is 0. The zero-order valence-electron chi connectivity index (χ0n) is 15.1. The summed E-state index contributed by atoms with van der Waals surface area (Å²) < 4.78 is 7.28. The first-order valence-corrected chi connectivity index (χ1v) is 8.76. The molecule has 2 atom stereocenters. The van der Waals surface area contributed by atoms with E-state index in [0.717, 1.165) is 11.3 Å². The third-order valence-electron chi connectivity index (χ3n) is 4.64. The van der Waals surface area contributed by atoms with Crippen molar-refractivity contribution in [3.8, 4) is 0 Å². The molecule has 1 fully saturated rings. The van der Waals surface area contributed by atoms with E-state index in [1.165, 1.54) is 0 Å². The first kappa shape index (κ1) is 18.1. The predicted molar refractivity (Wildman–Crippen MR) is 96.1 cm³/mol. The minimum atomic E-state index is -0.636. The maximum absolute atomic E-state index is 12.8.